The zero-order chi connectivity index (χ0) is 33.1. The number of fused-ring (bicyclic) bond motifs is 5. The second-order valence-electron chi connectivity index (χ2n) is 13.2. The van der Waals surface area contributed by atoms with Crippen molar-refractivity contribution >= 4 is 55.6 Å². The van der Waals surface area contributed by atoms with Crippen LogP contribution in [-0.4, -0.2) is 19.5 Å². The monoisotopic (exact) mass is 830 g/mol. The summed E-state index contributed by atoms with van der Waals surface area (Å²) in [6.45, 7) is 8.67. The number of nitrogens with zero attached hydrogens (tertiary/aromatic N) is 6. The Morgan fingerprint density at radius 2 is 1.54 bits per heavy atom. The number of hydrogen-bond donors (Lipinski definition) is 0. The zero-order valence-corrected chi connectivity index (χ0v) is 29.9. The van der Waals surface area contributed by atoms with Gasteiger partial charge < -0.3 is 19.1 Å². The molecule has 0 bridgehead atoms. The van der Waals surface area contributed by atoms with Crippen LogP contribution >= 0.6 is 0 Å². The summed E-state index contributed by atoms with van der Waals surface area (Å²) in [5, 5.41) is 3.32. The Balaban J connectivity index is 0.00000361. The number of rotatable bonds is 5. The number of aromatic nitrogens is 4. The summed E-state index contributed by atoms with van der Waals surface area (Å²) in [5.41, 5.74) is 6.83. The molecule has 0 atom stereocenters. The largest absolute Gasteiger partial charge is 0.509 e. The van der Waals surface area contributed by atoms with Crippen LogP contribution in [0.2, 0.25) is 0 Å². The van der Waals surface area contributed by atoms with Gasteiger partial charge in [-0.25, -0.2) is 9.97 Å². The molecule has 4 aromatic carbocycles. The van der Waals surface area contributed by atoms with Crippen molar-refractivity contribution in [3.8, 4) is 17.3 Å². The van der Waals surface area contributed by atoms with E-state index in [9.17, 15) is 0 Å². The van der Waals surface area contributed by atoms with E-state index in [1.807, 2.05) is 73.7 Å². The Bertz CT molecular complexity index is 2540. The molecular weight excluding hydrogens is 800 g/mol. The van der Waals surface area contributed by atoms with Crippen molar-refractivity contribution in [3.63, 3.8) is 0 Å². The molecule has 0 aliphatic carbocycles. The molecule has 1 aliphatic heterocycles. The standard InChI is InChI=1S/C42H31N6O.Pt/c1-42(2,3)29-19-22-44-41(23-29)48-36-14-7-5-12-33(36)34-17-16-32(25-38(34)48)49-31-11-8-10-30(24-31)46-27-47(37-20-21-43-26-39(37)46)40-18-15-28-9-4-6-13-35(28)45-40;/h4-23,26-27H,1-3H3;/q-3;. The predicted molar refractivity (Wildman–Crippen MR) is 196 cm³/mol. The summed E-state index contributed by atoms with van der Waals surface area (Å²) in [6, 6.07) is 43.9. The second kappa shape index (κ2) is 12.4. The summed E-state index contributed by atoms with van der Waals surface area (Å²) < 4.78 is 8.64. The van der Waals surface area contributed by atoms with E-state index in [2.05, 4.69) is 107 Å². The number of hydrogen-bond acceptors (Lipinski definition) is 6. The fraction of sp³-hybridized carbons (Fsp3) is 0.0952. The van der Waals surface area contributed by atoms with Crippen LogP contribution in [0.25, 0.3) is 38.5 Å². The third kappa shape index (κ3) is 5.48. The first kappa shape index (κ1) is 31.7. The molecule has 8 aromatic rings. The minimum Gasteiger partial charge on any atom is -0.509 e. The summed E-state index contributed by atoms with van der Waals surface area (Å²) in [6.07, 6.45) is 5.54. The van der Waals surface area contributed by atoms with E-state index in [-0.39, 0.29) is 26.5 Å². The predicted octanol–water partition coefficient (Wildman–Crippen LogP) is 10.2. The third-order valence-corrected chi connectivity index (χ3v) is 8.99. The van der Waals surface area contributed by atoms with E-state index in [1.54, 1.807) is 6.20 Å². The van der Waals surface area contributed by atoms with Crippen LogP contribution in [0.5, 0.6) is 11.5 Å². The third-order valence-electron chi connectivity index (χ3n) is 8.99. The average Bonchev–Trinajstić information content (AvgIpc) is 3.67. The van der Waals surface area contributed by atoms with E-state index in [1.165, 1.54) is 5.56 Å². The smallest absolute Gasteiger partial charge is 0.135 e. The van der Waals surface area contributed by atoms with Gasteiger partial charge in [0.25, 0.3) is 0 Å². The van der Waals surface area contributed by atoms with Crippen molar-refractivity contribution in [2.75, 3.05) is 9.80 Å². The van der Waals surface area contributed by atoms with Gasteiger partial charge in [0, 0.05) is 67.7 Å². The molecule has 0 spiro atoms. The van der Waals surface area contributed by atoms with E-state index in [0.29, 0.717) is 11.5 Å². The van der Waals surface area contributed by atoms with Crippen LogP contribution in [-0.2, 0) is 26.5 Å². The van der Waals surface area contributed by atoms with Crippen molar-refractivity contribution in [2.24, 2.45) is 0 Å². The van der Waals surface area contributed by atoms with Crippen LogP contribution in [0.3, 0.4) is 0 Å². The van der Waals surface area contributed by atoms with Crippen molar-refractivity contribution in [1.82, 2.24) is 19.5 Å². The molecule has 0 saturated heterocycles. The van der Waals surface area contributed by atoms with Gasteiger partial charge in [0.1, 0.15) is 11.6 Å². The first-order chi connectivity index (χ1) is 23.9. The fourth-order valence-corrected chi connectivity index (χ4v) is 6.51. The molecule has 0 amide bonds. The zero-order valence-electron chi connectivity index (χ0n) is 27.6. The van der Waals surface area contributed by atoms with Crippen LogP contribution < -0.4 is 14.5 Å². The SMILES string of the molecule is CC(C)(C)c1ccnc(-n2c3[c-]c(Oc4[c-]c(N5[CH-]N(c6ccc7ccccc7n6)c6ccncc65)ccc4)ccc3c3ccccc32)c1.[Pt]. The molecule has 248 valence electrons. The van der Waals surface area contributed by atoms with Gasteiger partial charge in [0.15, 0.2) is 0 Å². The number of para-hydroxylation sites is 2. The van der Waals surface area contributed by atoms with Crippen LogP contribution in [0.15, 0.2) is 128 Å². The van der Waals surface area contributed by atoms with E-state index >= 15 is 0 Å². The van der Waals surface area contributed by atoms with Gasteiger partial charge in [0.2, 0.25) is 0 Å². The number of ether oxygens (including phenoxy) is 1. The van der Waals surface area contributed by atoms with Gasteiger partial charge >= 0.3 is 0 Å². The van der Waals surface area contributed by atoms with Crippen molar-refractivity contribution < 1.29 is 25.8 Å². The Morgan fingerprint density at radius 1 is 0.700 bits per heavy atom. The maximum atomic E-state index is 6.47. The number of benzene rings is 4. The fourth-order valence-electron chi connectivity index (χ4n) is 6.51. The molecule has 0 fully saturated rings. The van der Waals surface area contributed by atoms with Crippen molar-refractivity contribution in [3.05, 3.63) is 152 Å². The minimum atomic E-state index is -0.0123. The van der Waals surface area contributed by atoms with E-state index in [4.69, 9.17) is 14.7 Å². The Kier molecular flexibility index (Phi) is 7.88. The quantitative estimate of drug-likeness (QED) is 0.161. The van der Waals surface area contributed by atoms with Gasteiger partial charge in [-0.05, 0) is 58.8 Å². The van der Waals surface area contributed by atoms with Gasteiger partial charge in [0.05, 0.1) is 11.2 Å². The molecule has 50 heavy (non-hydrogen) atoms. The molecule has 7 nitrogen and oxygen atoms in total. The topological polar surface area (TPSA) is 59.3 Å². The van der Waals surface area contributed by atoms with Crippen molar-refractivity contribution in [1.29, 1.82) is 0 Å². The van der Waals surface area contributed by atoms with E-state index < -0.39 is 0 Å². The van der Waals surface area contributed by atoms with Crippen LogP contribution in [0.4, 0.5) is 22.9 Å². The minimum absolute atomic E-state index is 0. The summed E-state index contributed by atoms with van der Waals surface area (Å²) >= 11 is 0. The van der Waals surface area contributed by atoms with Gasteiger partial charge in [-0.1, -0.05) is 62.7 Å². The Hall–Kier alpha value is -5.52. The van der Waals surface area contributed by atoms with Crippen molar-refractivity contribution in [2.45, 2.75) is 26.2 Å². The molecule has 0 saturated carbocycles. The maximum absolute atomic E-state index is 6.47. The number of anilines is 4. The average molecular weight is 831 g/mol. The first-order valence-electron chi connectivity index (χ1n) is 16.3. The first-order valence-corrected chi connectivity index (χ1v) is 16.3. The maximum Gasteiger partial charge on any atom is 0.135 e. The van der Waals surface area contributed by atoms with Gasteiger partial charge in [-0.3, -0.25) is 4.98 Å². The summed E-state index contributed by atoms with van der Waals surface area (Å²) in [5.74, 6) is 2.83. The number of pyridine rings is 3. The Morgan fingerprint density at radius 3 is 2.44 bits per heavy atom. The molecule has 5 heterocycles. The normalized spacial score (nSPS) is 12.8. The van der Waals surface area contributed by atoms with Gasteiger partial charge in [-0.2, -0.15) is 12.1 Å². The Labute approximate surface area is 305 Å². The van der Waals surface area contributed by atoms with Gasteiger partial charge in [-0.15, -0.1) is 48.1 Å². The van der Waals surface area contributed by atoms with E-state index in [0.717, 1.165) is 61.4 Å². The molecular formula is C42H31N6OPt-3. The van der Waals surface area contributed by atoms with Crippen LogP contribution in [0, 0.1) is 18.8 Å². The molecule has 1 aliphatic rings. The second-order valence-corrected chi connectivity index (χ2v) is 13.2. The van der Waals surface area contributed by atoms with Crippen LogP contribution in [0.1, 0.15) is 26.3 Å². The molecule has 4 aromatic heterocycles. The summed E-state index contributed by atoms with van der Waals surface area (Å²) in [4.78, 5) is 18.3. The molecule has 8 heteroatoms. The molecule has 0 unspecified atom stereocenters. The molecule has 0 radical (unpaired) electrons. The summed E-state index contributed by atoms with van der Waals surface area (Å²) in [7, 11) is 0. The molecule has 0 N–H and O–H groups in total. The molecule has 9 rings (SSSR count).